The Morgan fingerprint density at radius 2 is 1.80 bits per heavy atom. The molecule has 162 valence electrons. The maximum atomic E-state index is 13.1. The van der Waals surface area contributed by atoms with Gasteiger partial charge < -0.3 is 19.5 Å². The lowest BCUT2D eigenvalue weighted by atomic mass is 9.82. The SMILES string of the molecule is O=C(CC1CCCC1)N1C[C@@H]2C[C@H](C1)c1ccc(C(=O)N3CC[C@H](O)C3)c(=O)n1C2. The molecule has 0 unspecified atom stereocenters. The predicted octanol–water partition coefficient (Wildman–Crippen LogP) is 1.58. The summed E-state index contributed by atoms with van der Waals surface area (Å²) in [6.07, 6.45) is 6.58. The molecule has 2 bridgehead atoms. The fourth-order valence-corrected chi connectivity index (χ4v) is 6.00. The number of pyridine rings is 1. The van der Waals surface area contributed by atoms with Gasteiger partial charge in [-0.15, -0.1) is 0 Å². The molecule has 7 heteroatoms. The van der Waals surface area contributed by atoms with Crippen molar-refractivity contribution < 1.29 is 14.7 Å². The topological polar surface area (TPSA) is 82.9 Å². The van der Waals surface area contributed by atoms with Crippen LogP contribution in [-0.2, 0) is 11.3 Å². The van der Waals surface area contributed by atoms with Crippen LogP contribution in [0.15, 0.2) is 16.9 Å². The van der Waals surface area contributed by atoms with Gasteiger partial charge in [0.2, 0.25) is 5.91 Å². The second kappa shape index (κ2) is 7.84. The van der Waals surface area contributed by atoms with Crippen molar-refractivity contribution in [2.24, 2.45) is 11.8 Å². The highest BCUT2D eigenvalue weighted by atomic mass is 16.3. The molecular weight excluding hydrogens is 382 g/mol. The number of carbonyl (C=O) groups is 2. The molecule has 0 radical (unpaired) electrons. The molecule has 1 N–H and O–H groups in total. The third kappa shape index (κ3) is 3.57. The number of amides is 2. The van der Waals surface area contributed by atoms with Crippen molar-refractivity contribution in [3.05, 3.63) is 33.7 Å². The fourth-order valence-electron chi connectivity index (χ4n) is 6.00. The highest BCUT2D eigenvalue weighted by Gasteiger charge is 2.38. The summed E-state index contributed by atoms with van der Waals surface area (Å²) >= 11 is 0. The van der Waals surface area contributed by atoms with Crippen LogP contribution in [0, 0.1) is 11.8 Å². The average molecular weight is 414 g/mol. The Labute approximate surface area is 176 Å². The number of hydrogen-bond donors (Lipinski definition) is 1. The number of nitrogens with zero attached hydrogens (tertiary/aromatic N) is 3. The minimum atomic E-state index is -0.499. The van der Waals surface area contributed by atoms with E-state index in [0.717, 1.165) is 12.1 Å². The molecule has 5 rings (SSSR count). The number of piperidine rings is 1. The van der Waals surface area contributed by atoms with E-state index >= 15 is 0 Å². The summed E-state index contributed by atoms with van der Waals surface area (Å²) < 4.78 is 1.78. The van der Waals surface area contributed by atoms with E-state index in [9.17, 15) is 19.5 Å². The lowest BCUT2D eigenvalue weighted by molar-refractivity contribution is -0.134. The highest BCUT2D eigenvalue weighted by Crippen LogP contribution is 2.36. The maximum Gasteiger partial charge on any atom is 0.263 e. The van der Waals surface area contributed by atoms with Crippen LogP contribution < -0.4 is 5.56 Å². The number of carbonyl (C=O) groups excluding carboxylic acids is 2. The normalized spacial score (nSPS) is 28.6. The van der Waals surface area contributed by atoms with Gasteiger partial charge in [0.15, 0.2) is 0 Å². The van der Waals surface area contributed by atoms with Crippen LogP contribution in [-0.4, -0.2) is 63.6 Å². The van der Waals surface area contributed by atoms with Gasteiger partial charge in [0.25, 0.3) is 11.5 Å². The minimum Gasteiger partial charge on any atom is -0.391 e. The average Bonchev–Trinajstić information content (AvgIpc) is 3.40. The van der Waals surface area contributed by atoms with Crippen molar-refractivity contribution in [2.75, 3.05) is 26.2 Å². The Hall–Kier alpha value is -2.15. The van der Waals surface area contributed by atoms with Crippen LogP contribution in [0.1, 0.15) is 66.9 Å². The highest BCUT2D eigenvalue weighted by molar-refractivity contribution is 5.94. The number of aliphatic hydroxyl groups excluding tert-OH is 1. The van der Waals surface area contributed by atoms with Crippen molar-refractivity contribution in [1.82, 2.24) is 14.4 Å². The smallest absolute Gasteiger partial charge is 0.263 e. The van der Waals surface area contributed by atoms with Crippen LogP contribution in [0.4, 0.5) is 0 Å². The number of aromatic nitrogens is 1. The zero-order valence-electron chi connectivity index (χ0n) is 17.5. The largest absolute Gasteiger partial charge is 0.391 e. The Morgan fingerprint density at radius 3 is 2.53 bits per heavy atom. The van der Waals surface area contributed by atoms with Gasteiger partial charge in [0, 0.05) is 50.8 Å². The monoisotopic (exact) mass is 413 g/mol. The molecule has 4 heterocycles. The number of β-amino-alcohol motifs (C(OH)–C–C–N with tert-alkyl or cyclic N) is 1. The summed E-state index contributed by atoms with van der Waals surface area (Å²) in [6.45, 7) is 2.74. The molecule has 3 atom stereocenters. The van der Waals surface area contributed by atoms with Gasteiger partial charge >= 0.3 is 0 Å². The molecule has 1 aromatic heterocycles. The van der Waals surface area contributed by atoms with E-state index < -0.39 is 6.10 Å². The molecule has 1 aromatic rings. The van der Waals surface area contributed by atoms with Crippen LogP contribution >= 0.6 is 0 Å². The zero-order chi connectivity index (χ0) is 20.8. The van der Waals surface area contributed by atoms with E-state index in [1.807, 2.05) is 11.0 Å². The van der Waals surface area contributed by atoms with Crippen molar-refractivity contribution >= 4 is 11.8 Å². The van der Waals surface area contributed by atoms with Crippen molar-refractivity contribution in [3.63, 3.8) is 0 Å². The molecule has 3 fully saturated rings. The summed E-state index contributed by atoms with van der Waals surface area (Å²) in [5.74, 6) is 0.963. The van der Waals surface area contributed by atoms with E-state index in [-0.39, 0.29) is 34.8 Å². The molecule has 7 nitrogen and oxygen atoms in total. The number of aliphatic hydroxyl groups is 1. The number of likely N-dealkylation sites (tertiary alicyclic amines) is 2. The zero-order valence-corrected chi connectivity index (χ0v) is 17.5. The van der Waals surface area contributed by atoms with Crippen molar-refractivity contribution in [3.8, 4) is 0 Å². The Bertz CT molecular complexity index is 904. The fraction of sp³-hybridized carbons (Fsp3) is 0.696. The molecule has 0 aromatic carbocycles. The molecule has 2 saturated heterocycles. The first-order chi connectivity index (χ1) is 14.5. The second-order valence-corrected chi connectivity index (χ2v) is 9.73. The number of hydrogen-bond acceptors (Lipinski definition) is 4. The van der Waals surface area contributed by atoms with Crippen LogP contribution in [0.5, 0.6) is 0 Å². The van der Waals surface area contributed by atoms with Gasteiger partial charge in [0.05, 0.1) is 6.10 Å². The molecule has 2 amide bonds. The van der Waals surface area contributed by atoms with Crippen molar-refractivity contribution in [2.45, 2.75) is 63.5 Å². The van der Waals surface area contributed by atoms with Gasteiger partial charge in [0.1, 0.15) is 5.56 Å². The van der Waals surface area contributed by atoms with Crippen molar-refractivity contribution in [1.29, 1.82) is 0 Å². The molecule has 1 aliphatic carbocycles. The van der Waals surface area contributed by atoms with E-state index in [1.165, 1.54) is 25.7 Å². The first-order valence-corrected chi connectivity index (χ1v) is 11.5. The van der Waals surface area contributed by atoms with Gasteiger partial charge in [-0.3, -0.25) is 14.4 Å². The van der Waals surface area contributed by atoms with Gasteiger partial charge in [-0.05, 0) is 49.7 Å². The Balaban J connectivity index is 1.34. The lowest BCUT2D eigenvalue weighted by Gasteiger charge is -2.43. The first-order valence-electron chi connectivity index (χ1n) is 11.5. The second-order valence-electron chi connectivity index (χ2n) is 9.73. The lowest BCUT2D eigenvalue weighted by Crippen LogP contribution is -2.50. The van der Waals surface area contributed by atoms with Gasteiger partial charge in [-0.2, -0.15) is 0 Å². The minimum absolute atomic E-state index is 0.162. The summed E-state index contributed by atoms with van der Waals surface area (Å²) in [6, 6.07) is 3.56. The summed E-state index contributed by atoms with van der Waals surface area (Å²) in [5, 5.41) is 9.72. The molecule has 3 aliphatic heterocycles. The van der Waals surface area contributed by atoms with E-state index in [4.69, 9.17) is 0 Å². The molecule has 1 saturated carbocycles. The Kier molecular flexibility index (Phi) is 5.17. The third-order valence-electron chi connectivity index (χ3n) is 7.58. The maximum absolute atomic E-state index is 13.1. The number of fused-ring (bicyclic) bond motifs is 4. The van der Waals surface area contributed by atoms with Crippen LogP contribution in [0.3, 0.4) is 0 Å². The summed E-state index contributed by atoms with van der Waals surface area (Å²) in [5.41, 5.74) is 0.925. The summed E-state index contributed by atoms with van der Waals surface area (Å²) in [4.78, 5) is 42.4. The van der Waals surface area contributed by atoms with E-state index in [1.54, 1.807) is 15.5 Å². The van der Waals surface area contributed by atoms with Gasteiger partial charge in [-0.25, -0.2) is 0 Å². The van der Waals surface area contributed by atoms with Gasteiger partial charge in [-0.1, -0.05) is 12.8 Å². The molecule has 4 aliphatic rings. The molecular formula is C23H31N3O4. The summed E-state index contributed by atoms with van der Waals surface area (Å²) in [7, 11) is 0. The predicted molar refractivity (Wildman–Crippen MR) is 111 cm³/mol. The standard InChI is InChI=1S/C23H31N3O4/c27-18-7-8-24(14-18)22(29)19-5-6-20-17-9-16(12-26(20)23(19)30)11-25(13-17)21(28)10-15-3-1-2-4-15/h5-6,15-18,27H,1-4,7-14H2/t16-,17+,18-/m0/s1. The molecule has 0 spiro atoms. The first kappa shape index (κ1) is 19.8. The quantitative estimate of drug-likeness (QED) is 0.816. The van der Waals surface area contributed by atoms with E-state index in [2.05, 4.69) is 0 Å². The van der Waals surface area contributed by atoms with Crippen LogP contribution in [0.2, 0.25) is 0 Å². The van der Waals surface area contributed by atoms with Crippen LogP contribution in [0.25, 0.3) is 0 Å². The van der Waals surface area contributed by atoms with E-state index in [0.29, 0.717) is 51.5 Å². The third-order valence-corrected chi connectivity index (χ3v) is 7.58. The number of rotatable bonds is 3. The Morgan fingerprint density at radius 1 is 1.00 bits per heavy atom. The molecule has 30 heavy (non-hydrogen) atoms.